The van der Waals surface area contributed by atoms with Crippen LogP contribution in [0, 0.1) is 6.92 Å². The second-order valence-corrected chi connectivity index (χ2v) is 5.10. The molecule has 2 heteroatoms. The highest BCUT2D eigenvalue weighted by atomic mass is 32.1. The van der Waals surface area contributed by atoms with Crippen LogP contribution in [0.15, 0.2) is 12.3 Å². The largest absolute Gasteiger partial charge is 0.245 e. The van der Waals surface area contributed by atoms with Crippen molar-refractivity contribution in [1.29, 1.82) is 0 Å². The number of hydrogen-bond acceptors (Lipinski definition) is 2. The number of pyridine rings is 1. The van der Waals surface area contributed by atoms with Crippen molar-refractivity contribution in [2.75, 3.05) is 0 Å². The van der Waals surface area contributed by atoms with Crippen molar-refractivity contribution in [2.45, 2.75) is 32.6 Å². The Morgan fingerprint density at radius 2 is 2.14 bits per heavy atom. The smallest absolute Gasteiger partial charge is 0.124 e. The lowest BCUT2D eigenvalue weighted by Crippen LogP contribution is -1.98. The number of fused-ring (bicyclic) bond motifs is 3. The molecule has 0 saturated carbocycles. The van der Waals surface area contributed by atoms with E-state index in [1.54, 1.807) is 10.4 Å². The first kappa shape index (κ1) is 8.42. The van der Waals surface area contributed by atoms with Gasteiger partial charge in [0, 0.05) is 16.5 Å². The fraction of sp³-hybridized carbons (Fsp3) is 0.417. The molecule has 1 aliphatic rings. The van der Waals surface area contributed by atoms with E-state index in [1.165, 1.54) is 41.5 Å². The predicted molar refractivity (Wildman–Crippen MR) is 61.0 cm³/mol. The third kappa shape index (κ3) is 1.10. The number of thiophene rings is 1. The van der Waals surface area contributed by atoms with Crippen LogP contribution >= 0.6 is 11.3 Å². The molecule has 0 fully saturated rings. The monoisotopic (exact) mass is 203 g/mol. The van der Waals surface area contributed by atoms with E-state index in [4.69, 9.17) is 0 Å². The van der Waals surface area contributed by atoms with Crippen LogP contribution in [0.4, 0.5) is 0 Å². The fourth-order valence-corrected chi connectivity index (χ4v) is 3.66. The van der Waals surface area contributed by atoms with Crippen LogP contribution in [-0.4, -0.2) is 4.98 Å². The number of aromatic nitrogens is 1. The van der Waals surface area contributed by atoms with Crippen LogP contribution in [0.1, 0.15) is 28.8 Å². The minimum absolute atomic E-state index is 1.25. The second-order valence-electron chi connectivity index (χ2n) is 4.02. The molecule has 2 aromatic rings. The Kier molecular flexibility index (Phi) is 1.84. The van der Waals surface area contributed by atoms with Gasteiger partial charge < -0.3 is 0 Å². The van der Waals surface area contributed by atoms with Crippen LogP contribution in [0.3, 0.4) is 0 Å². The number of nitrogens with zero attached hydrogens (tertiary/aromatic N) is 1. The highest BCUT2D eigenvalue weighted by Crippen LogP contribution is 2.36. The van der Waals surface area contributed by atoms with Gasteiger partial charge in [0.25, 0.3) is 0 Å². The highest BCUT2D eigenvalue weighted by molar-refractivity contribution is 7.18. The zero-order valence-corrected chi connectivity index (χ0v) is 9.16. The molecule has 2 heterocycles. The highest BCUT2D eigenvalue weighted by Gasteiger charge is 2.17. The zero-order chi connectivity index (χ0) is 9.54. The van der Waals surface area contributed by atoms with Gasteiger partial charge in [0.05, 0.1) is 0 Å². The van der Waals surface area contributed by atoms with Gasteiger partial charge in [0.1, 0.15) is 4.83 Å². The quantitative estimate of drug-likeness (QED) is 0.638. The van der Waals surface area contributed by atoms with E-state index in [9.17, 15) is 0 Å². The Bertz CT molecular complexity index is 484. The summed E-state index contributed by atoms with van der Waals surface area (Å²) in [5.74, 6) is 0. The van der Waals surface area contributed by atoms with Gasteiger partial charge in [0.15, 0.2) is 0 Å². The van der Waals surface area contributed by atoms with Crippen molar-refractivity contribution in [2.24, 2.45) is 0 Å². The lowest BCUT2D eigenvalue weighted by atomic mass is 9.95. The summed E-state index contributed by atoms with van der Waals surface area (Å²) < 4.78 is 0. The van der Waals surface area contributed by atoms with Gasteiger partial charge in [-0.2, -0.15) is 0 Å². The van der Waals surface area contributed by atoms with Gasteiger partial charge in [-0.05, 0) is 49.8 Å². The van der Waals surface area contributed by atoms with E-state index in [0.717, 1.165) is 0 Å². The van der Waals surface area contributed by atoms with Gasteiger partial charge in [-0.3, -0.25) is 0 Å². The summed E-state index contributed by atoms with van der Waals surface area (Å²) in [7, 11) is 0. The summed E-state index contributed by atoms with van der Waals surface area (Å²) in [5, 5.41) is 1.45. The first-order valence-electron chi connectivity index (χ1n) is 5.22. The summed E-state index contributed by atoms with van der Waals surface area (Å²) in [6.45, 7) is 2.20. The average molecular weight is 203 g/mol. The molecule has 0 radical (unpaired) electrons. The van der Waals surface area contributed by atoms with E-state index in [0.29, 0.717) is 0 Å². The molecule has 0 spiro atoms. The molecule has 3 rings (SSSR count). The molecule has 0 aliphatic heterocycles. The van der Waals surface area contributed by atoms with Gasteiger partial charge in [-0.15, -0.1) is 11.3 Å². The number of rotatable bonds is 0. The first-order chi connectivity index (χ1) is 6.86. The predicted octanol–water partition coefficient (Wildman–Crippen LogP) is 3.48. The first-order valence-corrected chi connectivity index (χ1v) is 6.04. The Morgan fingerprint density at radius 3 is 3.07 bits per heavy atom. The molecule has 0 N–H and O–H groups in total. The summed E-state index contributed by atoms with van der Waals surface area (Å²) in [6.07, 6.45) is 7.18. The molecule has 0 amide bonds. The number of aryl methyl sites for hydroxylation is 3. The number of hydrogen-bond donors (Lipinski definition) is 0. The van der Waals surface area contributed by atoms with Crippen LogP contribution in [0.5, 0.6) is 0 Å². The standard InChI is InChI=1S/C12H13NS/c1-8-6-7-13-12-11(8)9-4-2-3-5-10(9)14-12/h6-7H,2-5H2,1H3. The van der Waals surface area contributed by atoms with Crippen LogP contribution in [0.25, 0.3) is 10.2 Å². The van der Waals surface area contributed by atoms with Crippen LogP contribution in [-0.2, 0) is 12.8 Å². The van der Waals surface area contributed by atoms with Gasteiger partial charge >= 0.3 is 0 Å². The van der Waals surface area contributed by atoms with Crippen molar-refractivity contribution in [3.63, 3.8) is 0 Å². The maximum absolute atomic E-state index is 4.47. The molecule has 0 bridgehead atoms. The molecule has 2 aromatic heterocycles. The topological polar surface area (TPSA) is 12.9 Å². The van der Waals surface area contributed by atoms with E-state index >= 15 is 0 Å². The van der Waals surface area contributed by atoms with Crippen molar-refractivity contribution in [1.82, 2.24) is 4.98 Å². The molecular formula is C12H13NS. The van der Waals surface area contributed by atoms with Crippen molar-refractivity contribution in [3.8, 4) is 0 Å². The molecular weight excluding hydrogens is 190 g/mol. The van der Waals surface area contributed by atoms with Crippen molar-refractivity contribution < 1.29 is 0 Å². The minimum atomic E-state index is 1.25. The second kappa shape index (κ2) is 3.06. The molecule has 0 unspecified atom stereocenters. The Labute approximate surface area is 87.8 Å². The molecule has 0 saturated heterocycles. The van der Waals surface area contributed by atoms with E-state index in [-0.39, 0.29) is 0 Å². The van der Waals surface area contributed by atoms with Crippen molar-refractivity contribution in [3.05, 3.63) is 28.3 Å². The SMILES string of the molecule is Cc1ccnc2sc3c(c12)CCCC3. The van der Waals surface area contributed by atoms with Gasteiger partial charge in [0.2, 0.25) is 0 Å². The minimum Gasteiger partial charge on any atom is -0.245 e. The molecule has 72 valence electrons. The zero-order valence-electron chi connectivity index (χ0n) is 8.34. The molecule has 1 aliphatic carbocycles. The maximum atomic E-state index is 4.47. The lowest BCUT2D eigenvalue weighted by Gasteiger charge is -2.10. The third-order valence-electron chi connectivity index (χ3n) is 3.06. The summed E-state index contributed by atoms with van der Waals surface area (Å²) >= 11 is 1.90. The average Bonchev–Trinajstić information content (AvgIpc) is 2.57. The molecule has 0 aromatic carbocycles. The lowest BCUT2D eigenvalue weighted by molar-refractivity contribution is 0.700. The molecule has 14 heavy (non-hydrogen) atoms. The van der Waals surface area contributed by atoms with E-state index in [1.807, 2.05) is 17.5 Å². The molecule has 1 nitrogen and oxygen atoms in total. The van der Waals surface area contributed by atoms with Gasteiger partial charge in [-0.25, -0.2) is 4.98 Å². The third-order valence-corrected chi connectivity index (χ3v) is 4.26. The van der Waals surface area contributed by atoms with Crippen molar-refractivity contribution >= 4 is 21.6 Å². The normalized spacial score (nSPS) is 15.8. The molecule has 0 atom stereocenters. The summed E-state index contributed by atoms with van der Waals surface area (Å²) in [4.78, 5) is 7.30. The van der Waals surface area contributed by atoms with E-state index < -0.39 is 0 Å². The summed E-state index contributed by atoms with van der Waals surface area (Å²) in [5.41, 5.74) is 3.00. The summed E-state index contributed by atoms with van der Waals surface area (Å²) in [6, 6.07) is 2.13. The van der Waals surface area contributed by atoms with Gasteiger partial charge in [-0.1, -0.05) is 0 Å². The Hall–Kier alpha value is -0.890. The van der Waals surface area contributed by atoms with Crippen LogP contribution in [0.2, 0.25) is 0 Å². The van der Waals surface area contributed by atoms with Crippen LogP contribution < -0.4 is 0 Å². The maximum Gasteiger partial charge on any atom is 0.124 e. The fourth-order valence-electron chi connectivity index (χ4n) is 2.35. The van der Waals surface area contributed by atoms with E-state index in [2.05, 4.69) is 18.0 Å². The Balaban J connectivity index is 2.38. The Morgan fingerprint density at radius 1 is 1.29 bits per heavy atom.